The van der Waals surface area contributed by atoms with Gasteiger partial charge in [0.15, 0.2) is 0 Å². The number of nitrogens with zero attached hydrogens (tertiary/aromatic N) is 1. The van der Waals surface area contributed by atoms with E-state index in [1.165, 1.54) is 58.3 Å². The van der Waals surface area contributed by atoms with Crippen molar-refractivity contribution in [2.24, 2.45) is 11.3 Å². The molecular weight excluding hydrogens is 208 g/mol. The molecule has 100 valence electrons. The summed E-state index contributed by atoms with van der Waals surface area (Å²) in [4.78, 5) is 2.70. The Bertz CT molecular complexity index is 233. The molecule has 0 aromatic heterocycles. The molecule has 1 aliphatic heterocycles. The van der Waals surface area contributed by atoms with E-state index in [1.807, 2.05) is 0 Å². The molecule has 0 aromatic carbocycles. The van der Waals surface area contributed by atoms with Crippen LogP contribution in [0, 0.1) is 11.3 Å². The van der Waals surface area contributed by atoms with Gasteiger partial charge in [0.05, 0.1) is 0 Å². The fraction of sp³-hybridized carbons (Fsp3) is 1.00. The van der Waals surface area contributed by atoms with Crippen molar-refractivity contribution in [1.82, 2.24) is 10.2 Å². The molecule has 1 atom stereocenters. The Balaban J connectivity index is 1.73. The number of hydrogen-bond donors (Lipinski definition) is 1. The fourth-order valence-corrected chi connectivity index (χ4v) is 3.00. The van der Waals surface area contributed by atoms with Crippen molar-refractivity contribution in [3.05, 3.63) is 0 Å². The second kappa shape index (κ2) is 5.71. The maximum atomic E-state index is 3.68. The Morgan fingerprint density at radius 3 is 2.65 bits per heavy atom. The summed E-state index contributed by atoms with van der Waals surface area (Å²) in [6.45, 7) is 12.3. The largest absolute Gasteiger partial charge is 0.313 e. The van der Waals surface area contributed by atoms with Crippen molar-refractivity contribution < 1.29 is 0 Å². The highest BCUT2D eigenvalue weighted by molar-refractivity contribution is 4.86. The monoisotopic (exact) mass is 238 g/mol. The van der Waals surface area contributed by atoms with Gasteiger partial charge in [0.25, 0.3) is 0 Å². The summed E-state index contributed by atoms with van der Waals surface area (Å²) < 4.78 is 0. The summed E-state index contributed by atoms with van der Waals surface area (Å²) in [6, 6.07) is 0.846. The van der Waals surface area contributed by atoms with E-state index >= 15 is 0 Å². The first-order valence-corrected chi connectivity index (χ1v) is 7.55. The predicted molar refractivity (Wildman–Crippen MR) is 74.3 cm³/mol. The van der Waals surface area contributed by atoms with Crippen molar-refractivity contribution in [2.45, 2.75) is 58.9 Å². The Labute approximate surface area is 107 Å². The average molecular weight is 238 g/mol. The average Bonchev–Trinajstić information content (AvgIpc) is 3.10. The molecule has 1 unspecified atom stereocenters. The van der Waals surface area contributed by atoms with Gasteiger partial charge in [0.2, 0.25) is 0 Å². The highest BCUT2D eigenvalue weighted by atomic mass is 15.1. The van der Waals surface area contributed by atoms with E-state index in [0.29, 0.717) is 5.41 Å². The summed E-state index contributed by atoms with van der Waals surface area (Å²) in [5.74, 6) is 0.955. The first kappa shape index (κ1) is 13.4. The fourth-order valence-electron chi connectivity index (χ4n) is 3.00. The molecule has 1 saturated carbocycles. The quantitative estimate of drug-likeness (QED) is 0.765. The second-order valence-corrected chi connectivity index (χ2v) is 6.97. The van der Waals surface area contributed by atoms with E-state index in [2.05, 4.69) is 31.0 Å². The Morgan fingerprint density at radius 1 is 1.24 bits per heavy atom. The predicted octanol–water partition coefficient (Wildman–Crippen LogP) is 2.89. The van der Waals surface area contributed by atoms with Gasteiger partial charge in [-0.2, -0.15) is 0 Å². The normalized spacial score (nSPS) is 27.4. The van der Waals surface area contributed by atoms with Crippen molar-refractivity contribution in [2.75, 3.05) is 26.2 Å². The van der Waals surface area contributed by atoms with Crippen LogP contribution < -0.4 is 5.32 Å². The van der Waals surface area contributed by atoms with Crippen molar-refractivity contribution in [3.8, 4) is 0 Å². The van der Waals surface area contributed by atoms with Crippen LogP contribution in [-0.4, -0.2) is 37.1 Å². The summed E-state index contributed by atoms with van der Waals surface area (Å²) in [7, 11) is 0. The van der Waals surface area contributed by atoms with Gasteiger partial charge in [-0.15, -0.1) is 0 Å². The zero-order valence-electron chi connectivity index (χ0n) is 12.0. The van der Waals surface area contributed by atoms with Crippen LogP contribution >= 0.6 is 0 Å². The van der Waals surface area contributed by atoms with Gasteiger partial charge in [-0.05, 0) is 43.6 Å². The lowest BCUT2D eigenvalue weighted by atomic mass is 9.89. The third-order valence-corrected chi connectivity index (χ3v) is 4.28. The lowest BCUT2D eigenvalue weighted by molar-refractivity contribution is 0.117. The number of likely N-dealkylation sites (tertiary alicyclic amines) is 1. The Morgan fingerprint density at radius 2 is 2.00 bits per heavy atom. The maximum absolute atomic E-state index is 3.68. The standard InChI is InChI=1S/C15H30N2/c1-4-13-6-5-9-17(10-13)12-15(2,3)11-16-14-7-8-14/h13-14,16H,4-12H2,1-3H3. The summed E-state index contributed by atoms with van der Waals surface area (Å²) in [6.07, 6.45) is 7.02. The molecule has 1 saturated heterocycles. The lowest BCUT2D eigenvalue weighted by Gasteiger charge is -2.38. The summed E-state index contributed by atoms with van der Waals surface area (Å²) >= 11 is 0. The molecule has 0 bridgehead atoms. The van der Waals surface area contributed by atoms with Gasteiger partial charge >= 0.3 is 0 Å². The van der Waals surface area contributed by atoms with Crippen LogP contribution in [0.5, 0.6) is 0 Å². The minimum Gasteiger partial charge on any atom is -0.313 e. The smallest absolute Gasteiger partial charge is 0.00684 e. The lowest BCUT2D eigenvalue weighted by Crippen LogP contribution is -2.44. The minimum atomic E-state index is 0.429. The number of hydrogen-bond acceptors (Lipinski definition) is 2. The van der Waals surface area contributed by atoms with Gasteiger partial charge in [-0.25, -0.2) is 0 Å². The van der Waals surface area contributed by atoms with Crippen LogP contribution in [-0.2, 0) is 0 Å². The highest BCUT2D eigenvalue weighted by Crippen LogP contribution is 2.25. The van der Waals surface area contributed by atoms with Crippen LogP contribution in [0.4, 0.5) is 0 Å². The zero-order valence-corrected chi connectivity index (χ0v) is 12.0. The molecule has 1 aliphatic carbocycles. The molecule has 2 aliphatic rings. The van der Waals surface area contributed by atoms with E-state index in [9.17, 15) is 0 Å². The van der Waals surface area contributed by atoms with Crippen molar-refractivity contribution >= 4 is 0 Å². The third-order valence-electron chi connectivity index (χ3n) is 4.28. The highest BCUT2D eigenvalue weighted by Gasteiger charge is 2.28. The number of rotatable bonds is 6. The summed E-state index contributed by atoms with van der Waals surface area (Å²) in [5.41, 5.74) is 0.429. The second-order valence-electron chi connectivity index (χ2n) is 6.97. The van der Waals surface area contributed by atoms with Gasteiger partial charge in [0, 0.05) is 25.7 Å². The van der Waals surface area contributed by atoms with Crippen LogP contribution in [0.3, 0.4) is 0 Å². The molecule has 1 N–H and O–H groups in total. The van der Waals surface area contributed by atoms with E-state index in [-0.39, 0.29) is 0 Å². The van der Waals surface area contributed by atoms with Crippen LogP contribution in [0.15, 0.2) is 0 Å². The molecule has 0 aromatic rings. The first-order chi connectivity index (χ1) is 8.09. The van der Waals surface area contributed by atoms with Gasteiger partial charge < -0.3 is 10.2 Å². The van der Waals surface area contributed by atoms with E-state index in [0.717, 1.165) is 12.0 Å². The molecular formula is C15H30N2. The number of piperidine rings is 1. The molecule has 0 amide bonds. The van der Waals surface area contributed by atoms with E-state index in [4.69, 9.17) is 0 Å². The molecule has 1 heterocycles. The van der Waals surface area contributed by atoms with Gasteiger partial charge in [0.1, 0.15) is 0 Å². The first-order valence-electron chi connectivity index (χ1n) is 7.55. The molecule has 2 nitrogen and oxygen atoms in total. The zero-order chi connectivity index (χ0) is 12.3. The van der Waals surface area contributed by atoms with Gasteiger partial charge in [-0.3, -0.25) is 0 Å². The SMILES string of the molecule is CCC1CCCN(CC(C)(C)CNC2CC2)C1. The van der Waals surface area contributed by atoms with E-state index in [1.54, 1.807) is 0 Å². The minimum absolute atomic E-state index is 0.429. The molecule has 0 radical (unpaired) electrons. The van der Waals surface area contributed by atoms with Crippen LogP contribution in [0.25, 0.3) is 0 Å². The molecule has 2 rings (SSSR count). The maximum Gasteiger partial charge on any atom is 0.00684 e. The topological polar surface area (TPSA) is 15.3 Å². The van der Waals surface area contributed by atoms with Crippen molar-refractivity contribution in [1.29, 1.82) is 0 Å². The van der Waals surface area contributed by atoms with Crippen LogP contribution in [0.1, 0.15) is 52.9 Å². The Hall–Kier alpha value is -0.0800. The summed E-state index contributed by atoms with van der Waals surface area (Å²) in [5, 5.41) is 3.68. The van der Waals surface area contributed by atoms with Crippen molar-refractivity contribution in [3.63, 3.8) is 0 Å². The number of nitrogens with one attached hydrogen (secondary N) is 1. The Kier molecular flexibility index (Phi) is 4.48. The third kappa shape index (κ3) is 4.59. The van der Waals surface area contributed by atoms with E-state index < -0.39 is 0 Å². The molecule has 17 heavy (non-hydrogen) atoms. The molecule has 0 spiro atoms. The van der Waals surface area contributed by atoms with Gasteiger partial charge in [-0.1, -0.05) is 27.2 Å². The van der Waals surface area contributed by atoms with Crippen LogP contribution in [0.2, 0.25) is 0 Å². The molecule has 2 heteroatoms. The molecule has 2 fully saturated rings.